The molecule has 0 saturated carbocycles. The van der Waals surface area contributed by atoms with Crippen LogP contribution in [0.5, 0.6) is 0 Å². The summed E-state index contributed by atoms with van der Waals surface area (Å²) < 4.78 is 67.8. The molecule has 0 bridgehead atoms. The van der Waals surface area contributed by atoms with Crippen LogP contribution in [0.3, 0.4) is 0 Å². The van der Waals surface area contributed by atoms with Gasteiger partial charge in [0.25, 0.3) is 0 Å². The number of sulfone groups is 1. The van der Waals surface area contributed by atoms with Crippen molar-refractivity contribution in [1.29, 1.82) is 0 Å². The van der Waals surface area contributed by atoms with Gasteiger partial charge in [0.05, 0.1) is 29.1 Å². The topological polar surface area (TPSA) is 87.9 Å². The molecule has 2 aliphatic rings. The summed E-state index contributed by atoms with van der Waals surface area (Å²) in [5.41, 5.74) is 2.96. The Bertz CT molecular complexity index is 1460. The largest absolute Gasteiger partial charge is 0.413 e. The number of halogens is 4. The van der Waals surface area contributed by atoms with Gasteiger partial charge in [-0.3, -0.25) is 4.79 Å². The highest BCUT2D eigenvalue weighted by Crippen LogP contribution is 2.42. The van der Waals surface area contributed by atoms with E-state index in [-0.39, 0.29) is 35.8 Å². The zero-order valence-electron chi connectivity index (χ0n) is 20.8. The summed E-state index contributed by atoms with van der Waals surface area (Å²) in [6, 6.07) is 5.51. The molecular formula is C25H27ClF3N5O3S. The van der Waals surface area contributed by atoms with E-state index in [1.165, 1.54) is 12.1 Å². The van der Waals surface area contributed by atoms with Gasteiger partial charge in [-0.15, -0.1) is 0 Å². The number of fused-ring (bicyclic) bond motifs is 3. The number of hydrogen-bond donors (Lipinski definition) is 0. The Balaban J connectivity index is 1.43. The summed E-state index contributed by atoms with van der Waals surface area (Å²) in [6.07, 6.45) is -2.13. The molecule has 1 unspecified atom stereocenters. The number of aromatic nitrogens is 3. The normalized spacial score (nSPS) is 20.8. The molecule has 0 radical (unpaired) electrons. The van der Waals surface area contributed by atoms with Gasteiger partial charge in [-0.05, 0) is 37.0 Å². The van der Waals surface area contributed by atoms with E-state index in [0.29, 0.717) is 27.9 Å². The average Bonchev–Trinajstić information content (AvgIpc) is 3.24. The van der Waals surface area contributed by atoms with E-state index in [0.717, 1.165) is 24.8 Å². The Hall–Kier alpha value is -2.86. The van der Waals surface area contributed by atoms with E-state index in [9.17, 15) is 26.4 Å². The third-order valence-corrected chi connectivity index (χ3v) is 9.38. The second-order valence-electron chi connectivity index (χ2n) is 10.0. The molecule has 38 heavy (non-hydrogen) atoms. The number of benzene rings is 1. The molecule has 1 amide bonds. The molecule has 8 nitrogen and oxygen atoms in total. The van der Waals surface area contributed by atoms with E-state index in [4.69, 9.17) is 11.6 Å². The molecule has 5 rings (SSSR count). The monoisotopic (exact) mass is 569 g/mol. The van der Waals surface area contributed by atoms with Crippen molar-refractivity contribution in [2.24, 2.45) is 5.92 Å². The Morgan fingerprint density at radius 3 is 2.45 bits per heavy atom. The third kappa shape index (κ3) is 4.95. The number of amides is 1. The van der Waals surface area contributed by atoms with Crippen LogP contribution in [0.1, 0.15) is 49.4 Å². The average molecular weight is 570 g/mol. The fraction of sp³-hybridized carbons (Fsp3) is 0.480. The highest BCUT2D eigenvalue weighted by atomic mass is 35.5. The van der Waals surface area contributed by atoms with Gasteiger partial charge in [-0.2, -0.15) is 18.3 Å². The standard InChI is InChI=1S/C25H27ClF3N5O3S/c1-15-7-10-33(19-14-30-21-13-20(26)31-34(21)22(15)19)18-5-3-16(4-6-18)23(25(27,28)29)32(2)24(35)17-8-11-38(36,37)12-9-17/h3-6,13-15,17,23H,7-12H2,1-2H3/t15?,23-/m0/s1. The van der Waals surface area contributed by atoms with Crippen molar-refractivity contribution < 1.29 is 26.4 Å². The maximum Gasteiger partial charge on any atom is 0.413 e. The fourth-order valence-electron chi connectivity index (χ4n) is 5.45. The number of rotatable bonds is 4. The third-order valence-electron chi connectivity index (χ3n) is 7.48. The number of anilines is 2. The maximum atomic E-state index is 14.2. The molecule has 1 aromatic carbocycles. The minimum absolute atomic E-state index is 0.0323. The summed E-state index contributed by atoms with van der Waals surface area (Å²) in [6.45, 7) is 2.72. The van der Waals surface area contributed by atoms with Gasteiger partial charge in [-0.1, -0.05) is 30.7 Å². The van der Waals surface area contributed by atoms with Crippen LogP contribution in [0.25, 0.3) is 5.65 Å². The van der Waals surface area contributed by atoms with Gasteiger partial charge in [0.1, 0.15) is 9.84 Å². The highest BCUT2D eigenvalue weighted by molar-refractivity contribution is 7.91. The van der Waals surface area contributed by atoms with E-state index >= 15 is 0 Å². The minimum atomic E-state index is -4.71. The van der Waals surface area contributed by atoms with Crippen molar-refractivity contribution in [2.75, 3.05) is 30.0 Å². The van der Waals surface area contributed by atoms with Crippen molar-refractivity contribution in [2.45, 2.75) is 44.3 Å². The molecule has 0 aliphatic carbocycles. The van der Waals surface area contributed by atoms with Crippen LogP contribution >= 0.6 is 11.6 Å². The lowest BCUT2D eigenvalue weighted by Gasteiger charge is -2.35. The Kier molecular flexibility index (Phi) is 6.83. The first-order chi connectivity index (χ1) is 17.9. The highest BCUT2D eigenvalue weighted by Gasteiger charge is 2.46. The number of hydrogen-bond acceptors (Lipinski definition) is 6. The predicted octanol–water partition coefficient (Wildman–Crippen LogP) is 4.91. The van der Waals surface area contributed by atoms with Crippen molar-refractivity contribution in [3.05, 3.63) is 52.9 Å². The lowest BCUT2D eigenvalue weighted by atomic mass is 9.95. The summed E-state index contributed by atoms with van der Waals surface area (Å²) in [5, 5.41) is 4.67. The van der Waals surface area contributed by atoms with Crippen LogP contribution in [-0.4, -0.2) is 65.1 Å². The van der Waals surface area contributed by atoms with E-state index in [2.05, 4.69) is 17.0 Å². The molecule has 2 atom stereocenters. The number of carbonyl (C=O) groups is 1. The smallest absolute Gasteiger partial charge is 0.339 e. The van der Waals surface area contributed by atoms with Crippen LogP contribution in [0.4, 0.5) is 24.5 Å². The molecule has 1 saturated heterocycles. The molecule has 4 heterocycles. The van der Waals surface area contributed by atoms with Crippen LogP contribution in [0.15, 0.2) is 36.5 Å². The summed E-state index contributed by atoms with van der Waals surface area (Å²) >= 11 is 6.09. The molecule has 3 aromatic rings. The summed E-state index contributed by atoms with van der Waals surface area (Å²) in [4.78, 5) is 20.1. The lowest BCUT2D eigenvalue weighted by Crippen LogP contribution is -2.44. The van der Waals surface area contributed by atoms with Gasteiger partial charge >= 0.3 is 6.18 Å². The molecule has 2 aromatic heterocycles. The quantitative estimate of drug-likeness (QED) is 0.443. The van der Waals surface area contributed by atoms with E-state index in [1.807, 2.05) is 4.90 Å². The van der Waals surface area contributed by atoms with Gasteiger partial charge < -0.3 is 9.80 Å². The first kappa shape index (κ1) is 26.7. The summed E-state index contributed by atoms with van der Waals surface area (Å²) in [7, 11) is -2.11. The Morgan fingerprint density at radius 2 is 1.82 bits per heavy atom. The van der Waals surface area contributed by atoms with Crippen molar-refractivity contribution in [1.82, 2.24) is 19.5 Å². The van der Waals surface area contributed by atoms with Gasteiger partial charge in [0.15, 0.2) is 16.8 Å². The molecular weight excluding hydrogens is 543 g/mol. The summed E-state index contributed by atoms with van der Waals surface area (Å²) in [5.74, 6) is -1.65. The zero-order chi connectivity index (χ0) is 27.4. The lowest BCUT2D eigenvalue weighted by molar-refractivity contribution is -0.190. The van der Waals surface area contributed by atoms with E-state index in [1.54, 1.807) is 28.9 Å². The van der Waals surface area contributed by atoms with Crippen molar-refractivity contribution in [3.63, 3.8) is 0 Å². The van der Waals surface area contributed by atoms with Gasteiger partial charge in [0, 0.05) is 37.2 Å². The van der Waals surface area contributed by atoms with Crippen LogP contribution in [-0.2, 0) is 14.6 Å². The van der Waals surface area contributed by atoms with Crippen LogP contribution in [0, 0.1) is 5.92 Å². The second kappa shape index (κ2) is 9.71. The van der Waals surface area contributed by atoms with Crippen molar-refractivity contribution in [3.8, 4) is 0 Å². The Labute approximate surface area is 223 Å². The predicted molar refractivity (Wildman–Crippen MR) is 137 cm³/mol. The number of nitrogens with zero attached hydrogens (tertiary/aromatic N) is 5. The molecule has 204 valence electrons. The van der Waals surface area contributed by atoms with Crippen LogP contribution in [0.2, 0.25) is 5.15 Å². The van der Waals surface area contributed by atoms with E-state index < -0.39 is 33.9 Å². The fourth-order valence-corrected chi connectivity index (χ4v) is 7.12. The molecule has 13 heteroatoms. The van der Waals surface area contributed by atoms with Gasteiger partial charge in [0.2, 0.25) is 5.91 Å². The SMILES string of the molecule is CC1CCN(c2ccc([C@H](N(C)C(=O)C3CCS(=O)(=O)CC3)C(F)(F)F)cc2)c2cnc3cc(Cl)nn3c21. The van der Waals surface area contributed by atoms with Crippen molar-refractivity contribution >= 4 is 44.4 Å². The molecule has 1 fully saturated rings. The second-order valence-corrected chi connectivity index (χ2v) is 12.7. The minimum Gasteiger partial charge on any atom is -0.339 e. The molecule has 0 spiro atoms. The first-order valence-corrected chi connectivity index (χ1v) is 14.5. The van der Waals surface area contributed by atoms with Crippen LogP contribution < -0.4 is 4.90 Å². The van der Waals surface area contributed by atoms with Gasteiger partial charge in [-0.25, -0.2) is 17.9 Å². The molecule has 2 aliphatic heterocycles. The molecule has 0 N–H and O–H groups in total. The maximum absolute atomic E-state index is 14.2. The number of alkyl halides is 3. The Morgan fingerprint density at radius 1 is 1.16 bits per heavy atom. The first-order valence-electron chi connectivity index (χ1n) is 12.3. The zero-order valence-corrected chi connectivity index (χ0v) is 22.4. The number of carbonyl (C=O) groups excluding carboxylic acids is 1.